The molecular formula is C18H17N5O. The minimum Gasteiger partial charge on any atom is -0.376 e. The van der Waals surface area contributed by atoms with Crippen LogP contribution in [0.25, 0.3) is 5.69 Å². The minimum absolute atomic E-state index is 0.162. The number of nitrogens with zero attached hydrogens (tertiary/aromatic N) is 3. The summed E-state index contributed by atoms with van der Waals surface area (Å²) in [6, 6.07) is 14.4. The Morgan fingerprint density at radius 1 is 1.17 bits per heavy atom. The summed E-state index contributed by atoms with van der Waals surface area (Å²) < 4.78 is 1.62. The zero-order valence-electron chi connectivity index (χ0n) is 13.0. The Hall–Kier alpha value is -3.28. The van der Waals surface area contributed by atoms with E-state index in [0.29, 0.717) is 12.1 Å². The van der Waals surface area contributed by atoms with Crippen molar-refractivity contribution in [2.45, 2.75) is 12.5 Å². The van der Waals surface area contributed by atoms with Crippen molar-refractivity contribution in [3.05, 3.63) is 83.0 Å². The van der Waals surface area contributed by atoms with Crippen LogP contribution in [0.2, 0.25) is 0 Å². The number of anilines is 1. The standard InChI is InChI=1S/C18H17N5O/c19-10-8-16(21-14-5-2-1-3-6-14)18-17(24)9-12-23(22-18)15-7-4-11-20-13-15/h1-7,9-13,16,19,21H,8H2. The van der Waals surface area contributed by atoms with Gasteiger partial charge >= 0.3 is 0 Å². The Bertz CT molecular complexity index is 861. The lowest BCUT2D eigenvalue weighted by Crippen LogP contribution is -2.24. The highest BCUT2D eigenvalue weighted by atomic mass is 16.1. The smallest absolute Gasteiger partial charge is 0.205 e. The van der Waals surface area contributed by atoms with Crippen LogP contribution in [0, 0.1) is 5.41 Å². The fourth-order valence-electron chi connectivity index (χ4n) is 2.39. The van der Waals surface area contributed by atoms with E-state index in [1.807, 2.05) is 42.5 Å². The van der Waals surface area contributed by atoms with Crippen molar-refractivity contribution in [1.82, 2.24) is 14.8 Å². The van der Waals surface area contributed by atoms with Crippen LogP contribution in [-0.4, -0.2) is 21.0 Å². The normalized spacial score (nSPS) is 11.7. The second-order valence-electron chi connectivity index (χ2n) is 5.22. The van der Waals surface area contributed by atoms with Gasteiger partial charge in [0.15, 0.2) is 0 Å². The monoisotopic (exact) mass is 319 g/mol. The Kier molecular flexibility index (Phi) is 4.76. The molecule has 0 bridgehead atoms. The summed E-state index contributed by atoms with van der Waals surface area (Å²) >= 11 is 0. The van der Waals surface area contributed by atoms with Gasteiger partial charge in [-0.15, -0.1) is 0 Å². The van der Waals surface area contributed by atoms with Gasteiger partial charge in [-0.05, 0) is 30.5 Å². The quantitative estimate of drug-likeness (QED) is 0.684. The summed E-state index contributed by atoms with van der Waals surface area (Å²) in [5.41, 5.74) is 1.86. The fraction of sp³-hybridized carbons (Fsp3) is 0.111. The largest absolute Gasteiger partial charge is 0.376 e. The van der Waals surface area contributed by atoms with Crippen LogP contribution in [0.4, 0.5) is 5.69 Å². The fourth-order valence-corrected chi connectivity index (χ4v) is 2.39. The summed E-state index contributed by atoms with van der Waals surface area (Å²) in [7, 11) is 0. The van der Waals surface area contributed by atoms with Crippen LogP contribution in [0.5, 0.6) is 0 Å². The minimum atomic E-state index is -0.374. The van der Waals surface area contributed by atoms with Gasteiger partial charge in [0.2, 0.25) is 5.43 Å². The first-order valence-corrected chi connectivity index (χ1v) is 7.59. The third-order valence-electron chi connectivity index (χ3n) is 3.54. The number of hydrogen-bond acceptors (Lipinski definition) is 5. The van der Waals surface area contributed by atoms with Crippen LogP contribution in [-0.2, 0) is 0 Å². The van der Waals surface area contributed by atoms with Crippen LogP contribution in [0.15, 0.2) is 71.9 Å². The van der Waals surface area contributed by atoms with Gasteiger partial charge in [0, 0.05) is 30.6 Å². The predicted octanol–water partition coefficient (Wildman–Crippen LogP) is 2.82. The van der Waals surface area contributed by atoms with E-state index in [2.05, 4.69) is 15.4 Å². The van der Waals surface area contributed by atoms with Gasteiger partial charge in [0.05, 0.1) is 17.9 Å². The van der Waals surface area contributed by atoms with Gasteiger partial charge < -0.3 is 10.7 Å². The Balaban J connectivity index is 1.98. The zero-order valence-corrected chi connectivity index (χ0v) is 13.0. The third-order valence-corrected chi connectivity index (χ3v) is 3.54. The number of para-hydroxylation sites is 1. The number of benzene rings is 1. The molecule has 0 aliphatic rings. The molecule has 1 atom stereocenters. The predicted molar refractivity (Wildman–Crippen MR) is 93.8 cm³/mol. The van der Waals surface area contributed by atoms with Crippen molar-refractivity contribution in [2.24, 2.45) is 0 Å². The van der Waals surface area contributed by atoms with Crippen molar-refractivity contribution < 1.29 is 0 Å². The Labute approximate surface area is 139 Å². The molecule has 3 aromatic rings. The molecule has 6 heteroatoms. The topological polar surface area (TPSA) is 83.7 Å². The van der Waals surface area contributed by atoms with Crippen LogP contribution in [0.3, 0.4) is 0 Å². The van der Waals surface area contributed by atoms with E-state index >= 15 is 0 Å². The average Bonchev–Trinajstić information content (AvgIpc) is 2.63. The summed E-state index contributed by atoms with van der Waals surface area (Å²) in [6.07, 6.45) is 6.63. The lowest BCUT2D eigenvalue weighted by atomic mass is 10.1. The zero-order chi connectivity index (χ0) is 16.8. The van der Waals surface area contributed by atoms with Crippen molar-refractivity contribution >= 4 is 11.9 Å². The molecule has 1 aromatic carbocycles. The maximum atomic E-state index is 12.3. The molecule has 1 unspecified atom stereocenters. The summed E-state index contributed by atoms with van der Waals surface area (Å²) in [5, 5.41) is 15.2. The van der Waals surface area contributed by atoms with E-state index in [-0.39, 0.29) is 11.5 Å². The number of pyridine rings is 1. The van der Waals surface area contributed by atoms with E-state index in [1.54, 1.807) is 23.3 Å². The number of nitrogens with one attached hydrogen (secondary N) is 2. The second kappa shape index (κ2) is 7.32. The highest BCUT2D eigenvalue weighted by Crippen LogP contribution is 2.18. The van der Waals surface area contributed by atoms with Crippen molar-refractivity contribution in [3.8, 4) is 5.69 Å². The molecule has 0 spiro atoms. The first-order valence-electron chi connectivity index (χ1n) is 7.59. The summed E-state index contributed by atoms with van der Waals surface area (Å²) in [6.45, 7) is 0. The highest BCUT2D eigenvalue weighted by Gasteiger charge is 2.16. The number of rotatable bonds is 6. The molecule has 0 aliphatic heterocycles. The van der Waals surface area contributed by atoms with Gasteiger partial charge in [-0.3, -0.25) is 9.78 Å². The van der Waals surface area contributed by atoms with Gasteiger partial charge in [-0.1, -0.05) is 18.2 Å². The van der Waals surface area contributed by atoms with Gasteiger partial charge in [0.25, 0.3) is 0 Å². The maximum Gasteiger partial charge on any atom is 0.205 e. The Morgan fingerprint density at radius 3 is 2.71 bits per heavy atom. The van der Waals surface area contributed by atoms with Crippen LogP contribution in [0.1, 0.15) is 18.2 Å². The molecule has 3 rings (SSSR count). The van der Waals surface area contributed by atoms with Crippen molar-refractivity contribution in [3.63, 3.8) is 0 Å². The van der Waals surface area contributed by atoms with Crippen molar-refractivity contribution in [1.29, 1.82) is 5.41 Å². The van der Waals surface area contributed by atoms with E-state index in [0.717, 1.165) is 11.4 Å². The molecule has 2 N–H and O–H groups in total. The van der Waals surface area contributed by atoms with E-state index < -0.39 is 0 Å². The third kappa shape index (κ3) is 3.55. The van der Waals surface area contributed by atoms with Crippen molar-refractivity contribution in [2.75, 3.05) is 5.32 Å². The molecule has 0 radical (unpaired) electrons. The molecule has 0 fully saturated rings. The maximum absolute atomic E-state index is 12.3. The lowest BCUT2D eigenvalue weighted by Gasteiger charge is -2.18. The molecule has 6 nitrogen and oxygen atoms in total. The lowest BCUT2D eigenvalue weighted by molar-refractivity contribution is 0.706. The number of aromatic nitrogens is 3. The summed E-state index contributed by atoms with van der Waals surface area (Å²) in [5.74, 6) is 0. The molecule has 0 saturated carbocycles. The molecule has 24 heavy (non-hydrogen) atoms. The van der Waals surface area contributed by atoms with E-state index in [1.165, 1.54) is 12.3 Å². The van der Waals surface area contributed by atoms with Crippen LogP contribution >= 0.6 is 0 Å². The molecule has 0 aliphatic carbocycles. The van der Waals surface area contributed by atoms with Gasteiger partial charge in [-0.2, -0.15) is 5.10 Å². The van der Waals surface area contributed by atoms with E-state index in [9.17, 15) is 4.79 Å². The second-order valence-corrected chi connectivity index (χ2v) is 5.22. The van der Waals surface area contributed by atoms with E-state index in [4.69, 9.17) is 5.41 Å². The molecule has 120 valence electrons. The number of hydrogen-bond donors (Lipinski definition) is 2. The first kappa shape index (κ1) is 15.6. The molecule has 0 saturated heterocycles. The van der Waals surface area contributed by atoms with Gasteiger partial charge in [-0.25, -0.2) is 4.68 Å². The first-order chi connectivity index (χ1) is 11.8. The van der Waals surface area contributed by atoms with Crippen LogP contribution < -0.4 is 10.7 Å². The molecule has 2 aromatic heterocycles. The summed E-state index contributed by atoms with van der Waals surface area (Å²) in [4.78, 5) is 16.4. The average molecular weight is 319 g/mol. The molecule has 0 amide bonds. The Morgan fingerprint density at radius 2 is 2.00 bits per heavy atom. The molecular weight excluding hydrogens is 302 g/mol. The SMILES string of the molecule is N=CCC(Nc1ccccc1)c1nn(-c2cccnc2)ccc1=O. The van der Waals surface area contributed by atoms with Gasteiger partial charge in [0.1, 0.15) is 5.69 Å². The highest BCUT2D eigenvalue weighted by molar-refractivity contribution is 5.56. The molecule has 2 heterocycles.